The van der Waals surface area contributed by atoms with E-state index in [1.807, 2.05) is 18.2 Å². The van der Waals surface area contributed by atoms with Gasteiger partial charge in [-0.2, -0.15) is 0 Å². The number of rotatable bonds is 4. The number of methoxy groups -OCH3 is 1. The van der Waals surface area contributed by atoms with Gasteiger partial charge in [-0.3, -0.25) is 4.79 Å². The van der Waals surface area contributed by atoms with Crippen molar-refractivity contribution in [2.24, 2.45) is 5.92 Å². The predicted octanol–water partition coefficient (Wildman–Crippen LogP) is 2.40. The second-order valence-corrected chi connectivity index (χ2v) is 6.33. The van der Waals surface area contributed by atoms with Crippen LogP contribution >= 0.6 is 0 Å². The van der Waals surface area contributed by atoms with Gasteiger partial charge in [0.25, 0.3) is 0 Å². The summed E-state index contributed by atoms with van der Waals surface area (Å²) in [5.41, 5.74) is 1.19. The van der Waals surface area contributed by atoms with Gasteiger partial charge in [0.05, 0.1) is 7.11 Å². The number of hydrogen-bond donors (Lipinski definition) is 1. The van der Waals surface area contributed by atoms with Gasteiger partial charge in [-0.15, -0.1) is 0 Å². The van der Waals surface area contributed by atoms with Gasteiger partial charge in [-0.25, -0.2) is 0 Å². The summed E-state index contributed by atoms with van der Waals surface area (Å²) in [7, 11) is 1.71. The zero-order valence-corrected chi connectivity index (χ0v) is 13.5. The van der Waals surface area contributed by atoms with Gasteiger partial charge in [0, 0.05) is 31.6 Å². The molecule has 0 spiro atoms. The van der Waals surface area contributed by atoms with Crippen LogP contribution in [0.4, 0.5) is 0 Å². The fourth-order valence-corrected chi connectivity index (χ4v) is 3.77. The maximum absolute atomic E-state index is 13.0. The molecule has 1 saturated heterocycles. The normalized spacial score (nSPS) is 28.1. The quantitative estimate of drug-likeness (QED) is 0.928. The number of para-hydroxylation sites is 1. The summed E-state index contributed by atoms with van der Waals surface area (Å²) in [6, 6.07) is 8.48. The van der Waals surface area contributed by atoms with E-state index in [1.54, 1.807) is 7.11 Å². The zero-order chi connectivity index (χ0) is 15.5. The monoisotopic (exact) mass is 302 g/mol. The molecule has 1 aromatic carbocycles. The first-order chi connectivity index (χ1) is 10.8. The Kier molecular flexibility index (Phi) is 4.67. The molecule has 2 aliphatic rings. The fraction of sp³-hybridized carbons (Fsp3) is 0.611. The molecule has 4 nitrogen and oxygen atoms in total. The largest absolute Gasteiger partial charge is 0.496 e. The van der Waals surface area contributed by atoms with Crippen molar-refractivity contribution in [1.82, 2.24) is 10.2 Å². The maximum Gasteiger partial charge on any atom is 0.226 e. The summed E-state index contributed by atoms with van der Waals surface area (Å²) >= 11 is 0. The third-order valence-electron chi connectivity index (χ3n) is 5.23. The number of hydrogen-bond acceptors (Lipinski definition) is 3. The van der Waals surface area contributed by atoms with Crippen molar-refractivity contribution in [1.29, 1.82) is 0 Å². The van der Waals surface area contributed by atoms with E-state index in [0.29, 0.717) is 17.9 Å². The number of carbonyl (C=O) groups excluding carboxylic acids is 1. The minimum absolute atomic E-state index is 0.128. The third-order valence-corrected chi connectivity index (χ3v) is 5.23. The van der Waals surface area contributed by atoms with Crippen molar-refractivity contribution in [3.63, 3.8) is 0 Å². The zero-order valence-electron chi connectivity index (χ0n) is 13.5. The second-order valence-electron chi connectivity index (χ2n) is 6.33. The molecular formula is C18H26N2O2. The molecule has 2 fully saturated rings. The van der Waals surface area contributed by atoms with Gasteiger partial charge in [-0.1, -0.05) is 25.1 Å². The molecule has 1 aliphatic carbocycles. The molecular weight excluding hydrogens is 276 g/mol. The number of benzene rings is 1. The smallest absolute Gasteiger partial charge is 0.226 e. The van der Waals surface area contributed by atoms with Crippen LogP contribution in [0, 0.1) is 5.92 Å². The van der Waals surface area contributed by atoms with Crippen LogP contribution < -0.4 is 10.1 Å². The molecule has 120 valence electrons. The Bertz CT molecular complexity index is 532. The molecule has 22 heavy (non-hydrogen) atoms. The van der Waals surface area contributed by atoms with E-state index < -0.39 is 0 Å². The van der Waals surface area contributed by atoms with Crippen molar-refractivity contribution in [2.75, 3.05) is 26.7 Å². The summed E-state index contributed by atoms with van der Waals surface area (Å²) in [4.78, 5) is 15.1. The van der Waals surface area contributed by atoms with Gasteiger partial charge in [-0.05, 0) is 36.8 Å². The van der Waals surface area contributed by atoms with Crippen LogP contribution in [0.25, 0.3) is 0 Å². The van der Waals surface area contributed by atoms with Crippen molar-refractivity contribution in [3.05, 3.63) is 29.8 Å². The average Bonchev–Trinajstić information content (AvgIpc) is 2.54. The third kappa shape index (κ3) is 2.72. The first-order valence-corrected chi connectivity index (χ1v) is 8.40. The fourth-order valence-electron chi connectivity index (χ4n) is 3.77. The van der Waals surface area contributed by atoms with E-state index in [0.717, 1.165) is 44.6 Å². The number of carbonyl (C=O) groups is 1. The van der Waals surface area contributed by atoms with Crippen LogP contribution in [0.2, 0.25) is 0 Å². The molecule has 0 aromatic heterocycles. The summed E-state index contributed by atoms with van der Waals surface area (Å²) in [6.07, 6.45) is 3.10. The second kappa shape index (κ2) is 6.69. The van der Waals surface area contributed by atoms with Gasteiger partial charge in [0.1, 0.15) is 5.75 Å². The lowest BCUT2D eigenvalue weighted by Gasteiger charge is -2.43. The molecule has 1 heterocycles. The Balaban J connectivity index is 1.76. The lowest BCUT2D eigenvalue weighted by atomic mass is 9.69. The number of ether oxygens (including phenoxy) is 1. The van der Waals surface area contributed by atoms with Crippen molar-refractivity contribution >= 4 is 5.91 Å². The minimum atomic E-state index is 0.128. The molecule has 0 radical (unpaired) electrons. The van der Waals surface area contributed by atoms with Gasteiger partial charge in [0.15, 0.2) is 0 Å². The molecule has 3 atom stereocenters. The van der Waals surface area contributed by atoms with Crippen molar-refractivity contribution in [2.45, 2.75) is 38.1 Å². The van der Waals surface area contributed by atoms with Gasteiger partial charge < -0.3 is 15.0 Å². The molecule has 1 aromatic rings. The summed E-state index contributed by atoms with van der Waals surface area (Å²) in [6.45, 7) is 4.84. The summed E-state index contributed by atoms with van der Waals surface area (Å²) in [5, 5.41) is 3.39. The van der Waals surface area contributed by atoms with Crippen LogP contribution in [0.1, 0.15) is 37.7 Å². The Morgan fingerprint density at radius 2 is 2.18 bits per heavy atom. The number of nitrogens with one attached hydrogen (secondary N) is 1. The number of piperazine rings is 1. The van der Waals surface area contributed by atoms with Crippen LogP contribution in [-0.2, 0) is 4.79 Å². The lowest BCUT2D eigenvalue weighted by Crippen LogP contribution is -2.56. The predicted molar refractivity (Wildman–Crippen MR) is 87.1 cm³/mol. The SMILES string of the molecule is CC[C@@H]1CNCCN1C(=O)C1CCC1c1ccccc1OC. The highest BCUT2D eigenvalue weighted by Gasteiger charge is 2.42. The van der Waals surface area contributed by atoms with Crippen LogP contribution in [-0.4, -0.2) is 43.6 Å². The first kappa shape index (κ1) is 15.3. The Labute approximate surface area is 132 Å². The highest BCUT2D eigenvalue weighted by Crippen LogP contribution is 2.46. The topological polar surface area (TPSA) is 41.6 Å². The molecule has 1 amide bonds. The van der Waals surface area contributed by atoms with E-state index >= 15 is 0 Å². The summed E-state index contributed by atoms with van der Waals surface area (Å²) in [5.74, 6) is 1.70. The van der Waals surface area contributed by atoms with Crippen LogP contribution in [0.5, 0.6) is 5.75 Å². The Hall–Kier alpha value is -1.55. The minimum Gasteiger partial charge on any atom is -0.496 e. The summed E-state index contributed by atoms with van der Waals surface area (Å²) < 4.78 is 5.48. The first-order valence-electron chi connectivity index (χ1n) is 8.40. The Morgan fingerprint density at radius 1 is 1.36 bits per heavy atom. The van der Waals surface area contributed by atoms with Crippen LogP contribution in [0.3, 0.4) is 0 Å². The number of amides is 1. The molecule has 1 aliphatic heterocycles. The van der Waals surface area contributed by atoms with E-state index in [4.69, 9.17) is 4.74 Å². The van der Waals surface area contributed by atoms with E-state index in [1.165, 1.54) is 5.56 Å². The molecule has 2 unspecified atom stereocenters. The van der Waals surface area contributed by atoms with E-state index in [-0.39, 0.29) is 5.92 Å². The molecule has 0 bridgehead atoms. The standard InChI is InChI=1S/C18H26N2O2/c1-3-13-12-19-10-11-20(13)18(21)16-9-8-14(16)15-6-4-5-7-17(15)22-2/h4-7,13-14,16,19H,3,8-12H2,1-2H3/t13-,14?,16?/m1/s1. The van der Waals surface area contributed by atoms with Crippen molar-refractivity contribution < 1.29 is 9.53 Å². The molecule has 3 rings (SSSR count). The van der Waals surface area contributed by atoms with E-state index in [9.17, 15) is 4.79 Å². The van der Waals surface area contributed by atoms with Gasteiger partial charge in [0.2, 0.25) is 5.91 Å². The average molecular weight is 302 g/mol. The highest BCUT2D eigenvalue weighted by atomic mass is 16.5. The number of nitrogens with zero attached hydrogens (tertiary/aromatic N) is 1. The highest BCUT2D eigenvalue weighted by molar-refractivity contribution is 5.81. The lowest BCUT2D eigenvalue weighted by molar-refractivity contribution is -0.142. The maximum atomic E-state index is 13.0. The molecule has 1 saturated carbocycles. The van der Waals surface area contributed by atoms with Crippen molar-refractivity contribution in [3.8, 4) is 5.75 Å². The van der Waals surface area contributed by atoms with Crippen LogP contribution in [0.15, 0.2) is 24.3 Å². The van der Waals surface area contributed by atoms with E-state index in [2.05, 4.69) is 23.2 Å². The molecule has 4 heteroatoms. The Morgan fingerprint density at radius 3 is 2.86 bits per heavy atom. The van der Waals surface area contributed by atoms with Gasteiger partial charge >= 0.3 is 0 Å². The molecule has 1 N–H and O–H groups in total.